The highest BCUT2D eigenvalue weighted by Gasteiger charge is 2.22. The first kappa shape index (κ1) is 12.7. The molecule has 3 heteroatoms. The summed E-state index contributed by atoms with van der Waals surface area (Å²) in [5, 5.41) is 3.02. The molecule has 1 aliphatic rings. The van der Waals surface area contributed by atoms with Crippen LogP contribution in [0.15, 0.2) is 29.8 Å². The molecule has 1 aromatic rings. The predicted octanol–water partition coefficient (Wildman–Crippen LogP) is 2.77. The predicted molar refractivity (Wildman–Crippen MR) is 72.4 cm³/mol. The van der Waals surface area contributed by atoms with E-state index in [4.69, 9.17) is 4.74 Å². The maximum atomic E-state index is 12.1. The summed E-state index contributed by atoms with van der Waals surface area (Å²) in [7, 11) is 0. The molecule has 0 atom stereocenters. The summed E-state index contributed by atoms with van der Waals surface area (Å²) in [6.45, 7) is 6.43. The van der Waals surface area contributed by atoms with Gasteiger partial charge in [0.15, 0.2) is 0 Å². The quantitative estimate of drug-likeness (QED) is 0.889. The molecule has 18 heavy (non-hydrogen) atoms. The van der Waals surface area contributed by atoms with Crippen molar-refractivity contribution in [2.45, 2.75) is 32.7 Å². The van der Waals surface area contributed by atoms with E-state index in [-0.39, 0.29) is 11.4 Å². The minimum atomic E-state index is -0.186. The highest BCUT2D eigenvalue weighted by molar-refractivity contribution is 5.99. The van der Waals surface area contributed by atoms with E-state index in [9.17, 15) is 4.79 Å². The summed E-state index contributed by atoms with van der Waals surface area (Å²) in [5.41, 5.74) is 1.45. The van der Waals surface area contributed by atoms with E-state index in [0.29, 0.717) is 12.2 Å². The van der Waals surface area contributed by atoms with Crippen molar-refractivity contribution in [3.05, 3.63) is 35.4 Å². The van der Waals surface area contributed by atoms with Crippen LogP contribution >= 0.6 is 0 Å². The summed E-state index contributed by atoms with van der Waals surface area (Å²) in [6, 6.07) is 7.73. The maximum Gasteiger partial charge on any atom is 0.251 e. The Balaban J connectivity index is 2.17. The minimum Gasteiger partial charge on any atom is -0.488 e. The van der Waals surface area contributed by atoms with Gasteiger partial charge in [-0.25, -0.2) is 0 Å². The summed E-state index contributed by atoms with van der Waals surface area (Å²) < 4.78 is 5.58. The van der Waals surface area contributed by atoms with Crippen molar-refractivity contribution in [3.8, 4) is 5.75 Å². The second-order valence-corrected chi connectivity index (χ2v) is 5.19. The zero-order chi connectivity index (χ0) is 13.2. The van der Waals surface area contributed by atoms with Crippen LogP contribution in [0.4, 0.5) is 0 Å². The molecule has 3 nitrogen and oxygen atoms in total. The van der Waals surface area contributed by atoms with Crippen molar-refractivity contribution in [1.82, 2.24) is 5.32 Å². The van der Waals surface area contributed by atoms with Crippen LogP contribution in [-0.2, 0) is 4.79 Å². The van der Waals surface area contributed by atoms with E-state index in [1.807, 2.05) is 44.2 Å². The zero-order valence-corrected chi connectivity index (χ0v) is 11.1. The number of amides is 1. The van der Waals surface area contributed by atoms with E-state index in [1.165, 1.54) is 0 Å². The molecule has 0 radical (unpaired) electrons. The molecule has 0 bridgehead atoms. The molecular weight excluding hydrogens is 226 g/mol. The normalized spacial score (nSPS) is 14.3. The summed E-state index contributed by atoms with van der Waals surface area (Å²) in [6.07, 6.45) is 2.80. The first-order chi connectivity index (χ1) is 8.52. The Hall–Kier alpha value is -1.77. The van der Waals surface area contributed by atoms with Gasteiger partial charge in [0.1, 0.15) is 12.4 Å². The molecule has 96 valence electrons. The molecule has 0 unspecified atom stereocenters. The van der Waals surface area contributed by atoms with Crippen molar-refractivity contribution in [3.63, 3.8) is 0 Å². The second kappa shape index (κ2) is 4.84. The van der Waals surface area contributed by atoms with Crippen molar-refractivity contribution in [2.24, 2.45) is 0 Å². The van der Waals surface area contributed by atoms with Gasteiger partial charge in [-0.2, -0.15) is 0 Å². The lowest BCUT2D eigenvalue weighted by Gasteiger charge is -2.26. The Kier molecular flexibility index (Phi) is 3.41. The number of ether oxygens (including phenoxy) is 1. The Morgan fingerprint density at radius 2 is 2.11 bits per heavy atom. The average Bonchev–Trinajstić information content (AvgIpc) is 2.37. The third-order valence-corrected chi connectivity index (χ3v) is 3.26. The summed E-state index contributed by atoms with van der Waals surface area (Å²) in [4.78, 5) is 12.1. The molecule has 1 aromatic carbocycles. The van der Waals surface area contributed by atoms with Crippen LogP contribution in [0.3, 0.4) is 0 Å². The average molecular weight is 245 g/mol. The topological polar surface area (TPSA) is 38.3 Å². The molecular formula is C15H19NO2. The van der Waals surface area contributed by atoms with Crippen molar-refractivity contribution in [2.75, 3.05) is 6.61 Å². The highest BCUT2D eigenvalue weighted by Crippen LogP contribution is 2.26. The lowest BCUT2D eigenvalue weighted by Crippen LogP contribution is -2.44. The Morgan fingerprint density at radius 3 is 2.83 bits per heavy atom. The van der Waals surface area contributed by atoms with Gasteiger partial charge in [0.05, 0.1) is 5.57 Å². The van der Waals surface area contributed by atoms with Gasteiger partial charge in [0.25, 0.3) is 5.91 Å². The maximum absolute atomic E-state index is 12.1. The molecule has 0 saturated carbocycles. The molecule has 2 rings (SSSR count). The third kappa shape index (κ3) is 2.73. The monoisotopic (exact) mass is 245 g/mol. The van der Waals surface area contributed by atoms with Gasteiger partial charge in [0, 0.05) is 11.1 Å². The molecule has 1 N–H and O–H groups in total. The van der Waals surface area contributed by atoms with Gasteiger partial charge in [-0.3, -0.25) is 4.79 Å². The van der Waals surface area contributed by atoms with Gasteiger partial charge in [0.2, 0.25) is 0 Å². The number of fused-ring (bicyclic) bond motifs is 1. The third-order valence-electron chi connectivity index (χ3n) is 3.26. The van der Waals surface area contributed by atoms with E-state index >= 15 is 0 Å². The van der Waals surface area contributed by atoms with Crippen molar-refractivity contribution >= 4 is 12.0 Å². The number of hydrogen-bond donors (Lipinski definition) is 1. The van der Waals surface area contributed by atoms with Gasteiger partial charge >= 0.3 is 0 Å². The summed E-state index contributed by atoms with van der Waals surface area (Å²) >= 11 is 0. The van der Waals surface area contributed by atoms with Crippen LogP contribution < -0.4 is 10.1 Å². The van der Waals surface area contributed by atoms with Gasteiger partial charge in [-0.05, 0) is 32.4 Å². The Morgan fingerprint density at radius 1 is 1.39 bits per heavy atom. The van der Waals surface area contributed by atoms with Crippen molar-refractivity contribution in [1.29, 1.82) is 0 Å². The first-order valence-corrected chi connectivity index (χ1v) is 6.27. The number of rotatable bonds is 3. The smallest absolute Gasteiger partial charge is 0.251 e. The number of hydrogen-bond acceptors (Lipinski definition) is 2. The van der Waals surface area contributed by atoms with E-state index < -0.39 is 0 Å². The van der Waals surface area contributed by atoms with E-state index in [2.05, 4.69) is 12.2 Å². The number of carbonyl (C=O) groups excluding carboxylic acids is 1. The molecule has 0 aliphatic carbocycles. The fourth-order valence-electron chi connectivity index (χ4n) is 1.72. The minimum absolute atomic E-state index is 0.0450. The zero-order valence-electron chi connectivity index (χ0n) is 11.1. The number of nitrogens with one attached hydrogen (secondary N) is 1. The van der Waals surface area contributed by atoms with E-state index in [0.717, 1.165) is 17.7 Å². The molecule has 0 spiro atoms. The Labute approximate surface area is 108 Å². The standard InChI is InChI=1S/C15H19NO2/c1-4-15(2,3)16-14(17)12-9-11-7-5-6-8-13(11)18-10-12/h5-9H,4,10H2,1-3H3,(H,16,17). The Bertz CT molecular complexity index is 489. The molecule has 1 heterocycles. The lowest BCUT2D eigenvalue weighted by atomic mass is 10.0. The van der Waals surface area contributed by atoms with Gasteiger partial charge < -0.3 is 10.1 Å². The van der Waals surface area contributed by atoms with Gasteiger partial charge in [-0.1, -0.05) is 25.1 Å². The number of carbonyl (C=O) groups is 1. The highest BCUT2D eigenvalue weighted by atomic mass is 16.5. The van der Waals surface area contributed by atoms with Crippen LogP contribution in [0.2, 0.25) is 0 Å². The van der Waals surface area contributed by atoms with E-state index in [1.54, 1.807) is 0 Å². The van der Waals surface area contributed by atoms with Crippen LogP contribution in [0.1, 0.15) is 32.8 Å². The molecule has 0 fully saturated rings. The molecule has 1 aliphatic heterocycles. The van der Waals surface area contributed by atoms with Crippen molar-refractivity contribution < 1.29 is 9.53 Å². The van der Waals surface area contributed by atoms with Gasteiger partial charge in [-0.15, -0.1) is 0 Å². The van der Waals surface area contributed by atoms with Crippen LogP contribution in [0.5, 0.6) is 5.75 Å². The fraction of sp³-hybridized carbons (Fsp3) is 0.400. The SMILES string of the molecule is CCC(C)(C)NC(=O)C1=Cc2ccccc2OC1. The van der Waals surface area contributed by atoms with Crippen LogP contribution in [0.25, 0.3) is 6.08 Å². The largest absolute Gasteiger partial charge is 0.488 e. The molecule has 0 saturated heterocycles. The second-order valence-electron chi connectivity index (χ2n) is 5.19. The lowest BCUT2D eigenvalue weighted by molar-refractivity contribution is -0.119. The van der Waals surface area contributed by atoms with Crippen LogP contribution in [-0.4, -0.2) is 18.1 Å². The fourth-order valence-corrected chi connectivity index (χ4v) is 1.72. The first-order valence-electron chi connectivity index (χ1n) is 6.27. The number of benzene rings is 1. The van der Waals surface area contributed by atoms with Crippen LogP contribution in [0, 0.1) is 0 Å². The number of para-hydroxylation sites is 1. The molecule has 1 amide bonds. The summed E-state index contributed by atoms with van der Waals surface area (Å²) in [5.74, 6) is 0.792. The molecule has 0 aromatic heterocycles.